The highest BCUT2D eigenvalue weighted by Gasteiger charge is 2.22. The minimum Gasteiger partial charge on any atom is -0.384 e. The molecule has 0 radical (unpaired) electrons. The second-order valence-corrected chi connectivity index (χ2v) is 5.63. The Morgan fingerprint density at radius 1 is 1.45 bits per heavy atom. The van der Waals surface area contributed by atoms with Gasteiger partial charge in [0.2, 0.25) is 0 Å². The van der Waals surface area contributed by atoms with E-state index in [1.54, 1.807) is 0 Å². The molecule has 0 aliphatic carbocycles. The number of anilines is 1. The van der Waals surface area contributed by atoms with Crippen molar-refractivity contribution >= 4 is 21.7 Å². The maximum Gasteiger partial charge on any atom is 0.265 e. The van der Waals surface area contributed by atoms with Gasteiger partial charge < -0.3 is 5.73 Å². The molecule has 0 aliphatic heterocycles. The van der Waals surface area contributed by atoms with Crippen LogP contribution in [0.2, 0.25) is 0 Å². The molecule has 0 spiro atoms. The second-order valence-electron chi connectivity index (χ2n) is 3.98. The molecule has 0 saturated carbocycles. The Hall–Kier alpha value is -2.42. The van der Waals surface area contributed by atoms with Crippen LogP contribution in [0.1, 0.15) is 5.56 Å². The summed E-state index contributed by atoms with van der Waals surface area (Å²) >= 11 is 0. The summed E-state index contributed by atoms with van der Waals surface area (Å²) in [5.74, 6) is -1.21. The molecule has 20 heavy (non-hydrogen) atoms. The molecule has 0 amide bonds. The van der Waals surface area contributed by atoms with Crippen molar-refractivity contribution in [2.45, 2.75) is 4.90 Å². The van der Waals surface area contributed by atoms with Crippen molar-refractivity contribution in [2.24, 2.45) is 12.8 Å². The smallest absolute Gasteiger partial charge is 0.265 e. The Morgan fingerprint density at radius 3 is 2.70 bits per heavy atom. The third-order valence-corrected chi connectivity index (χ3v) is 3.96. The summed E-state index contributed by atoms with van der Waals surface area (Å²) in [6.07, 6.45) is 1.25. The molecule has 2 rings (SSSR count). The van der Waals surface area contributed by atoms with Gasteiger partial charge in [-0.2, -0.15) is 5.10 Å². The van der Waals surface area contributed by atoms with Crippen LogP contribution >= 0.6 is 0 Å². The molecule has 1 aromatic heterocycles. The first-order chi connectivity index (χ1) is 9.33. The molecule has 106 valence electrons. The largest absolute Gasteiger partial charge is 0.384 e. The maximum absolute atomic E-state index is 13.6. The van der Waals surface area contributed by atoms with Crippen molar-refractivity contribution in [2.75, 3.05) is 4.72 Å². The van der Waals surface area contributed by atoms with Gasteiger partial charge >= 0.3 is 0 Å². The number of nitrogens with two attached hydrogens (primary N) is 1. The first kappa shape index (κ1) is 14.0. The van der Waals surface area contributed by atoms with Crippen LogP contribution in [0.5, 0.6) is 0 Å². The predicted octanol–water partition coefficient (Wildman–Crippen LogP) is 0.644. The molecule has 1 heterocycles. The second kappa shape index (κ2) is 4.93. The maximum atomic E-state index is 13.6. The van der Waals surface area contributed by atoms with Crippen LogP contribution in [-0.2, 0) is 17.1 Å². The van der Waals surface area contributed by atoms with E-state index < -0.39 is 20.7 Å². The molecule has 0 atom stereocenters. The topological polar surface area (TPSA) is 114 Å². The van der Waals surface area contributed by atoms with E-state index in [4.69, 9.17) is 11.1 Å². The third kappa shape index (κ3) is 2.48. The van der Waals surface area contributed by atoms with Gasteiger partial charge in [0.05, 0.1) is 11.8 Å². The minimum atomic E-state index is -4.13. The molecule has 2 aromatic rings. The lowest BCUT2D eigenvalue weighted by Gasteiger charge is -2.10. The number of nitrogens with zero attached hydrogens (tertiary/aromatic N) is 2. The Bertz CT molecular complexity index is 769. The van der Waals surface area contributed by atoms with Crippen molar-refractivity contribution in [1.29, 1.82) is 5.41 Å². The van der Waals surface area contributed by atoms with E-state index in [0.29, 0.717) is 0 Å². The number of aromatic nitrogens is 2. The van der Waals surface area contributed by atoms with Crippen LogP contribution < -0.4 is 10.5 Å². The average Bonchev–Trinajstić information content (AvgIpc) is 2.71. The molecule has 0 bridgehead atoms. The lowest BCUT2D eigenvalue weighted by atomic mass is 10.3. The average molecular weight is 297 g/mol. The summed E-state index contributed by atoms with van der Waals surface area (Å²) in [6.45, 7) is 0. The zero-order valence-electron chi connectivity index (χ0n) is 10.5. The summed E-state index contributed by atoms with van der Waals surface area (Å²) in [6, 6.07) is 4.98. The normalized spacial score (nSPS) is 11.3. The number of rotatable bonds is 4. The molecule has 4 N–H and O–H groups in total. The fourth-order valence-corrected chi connectivity index (χ4v) is 2.79. The number of nitrogens with one attached hydrogen (secondary N) is 2. The molecule has 0 aliphatic rings. The zero-order valence-corrected chi connectivity index (χ0v) is 11.3. The number of nitrogen functional groups attached to an aromatic ring is 1. The number of sulfonamides is 1. The van der Waals surface area contributed by atoms with Gasteiger partial charge in [-0.1, -0.05) is 12.1 Å². The number of benzene rings is 1. The number of halogens is 1. The van der Waals surface area contributed by atoms with E-state index in [9.17, 15) is 12.8 Å². The summed E-state index contributed by atoms with van der Waals surface area (Å²) in [5, 5.41) is 11.2. The highest BCUT2D eigenvalue weighted by atomic mass is 32.2. The van der Waals surface area contributed by atoms with Crippen molar-refractivity contribution < 1.29 is 12.8 Å². The van der Waals surface area contributed by atoms with Gasteiger partial charge in [0, 0.05) is 7.05 Å². The van der Waals surface area contributed by atoms with Gasteiger partial charge in [-0.15, -0.1) is 0 Å². The van der Waals surface area contributed by atoms with E-state index >= 15 is 0 Å². The molecular weight excluding hydrogens is 285 g/mol. The summed E-state index contributed by atoms with van der Waals surface area (Å²) in [7, 11) is -2.65. The summed E-state index contributed by atoms with van der Waals surface area (Å²) in [5.41, 5.74) is 5.45. The summed E-state index contributed by atoms with van der Waals surface area (Å²) < 4.78 is 41.2. The number of hydrogen-bond acceptors (Lipinski definition) is 4. The Morgan fingerprint density at radius 2 is 2.10 bits per heavy atom. The van der Waals surface area contributed by atoms with E-state index in [1.165, 1.54) is 30.1 Å². The van der Waals surface area contributed by atoms with Crippen molar-refractivity contribution in [3.63, 3.8) is 0 Å². The van der Waals surface area contributed by atoms with Gasteiger partial charge in [-0.3, -0.25) is 14.8 Å². The van der Waals surface area contributed by atoms with Crippen LogP contribution in [0.4, 0.5) is 10.2 Å². The van der Waals surface area contributed by atoms with Gasteiger partial charge in [0.1, 0.15) is 22.4 Å². The van der Waals surface area contributed by atoms with E-state index in [-0.39, 0.29) is 17.2 Å². The quantitative estimate of drug-likeness (QED) is 0.567. The molecule has 0 saturated heterocycles. The highest BCUT2D eigenvalue weighted by molar-refractivity contribution is 7.92. The molecular formula is C11H12FN5O2S. The number of hydrogen-bond donors (Lipinski definition) is 3. The molecule has 0 fully saturated rings. The zero-order chi connectivity index (χ0) is 14.9. The molecule has 9 heteroatoms. The van der Waals surface area contributed by atoms with E-state index in [2.05, 4.69) is 9.82 Å². The molecule has 7 nitrogen and oxygen atoms in total. The SMILES string of the molecule is Cn1ncc(C(=N)N)c1NS(=O)(=O)c1ccccc1F. The van der Waals surface area contributed by atoms with Crippen LogP contribution in [0.25, 0.3) is 0 Å². The van der Waals surface area contributed by atoms with Crippen molar-refractivity contribution in [3.05, 3.63) is 41.8 Å². The Labute approximate surface area is 114 Å². The predicted molar refractivity (Wildman–Crippen MR) is 71.4 cm³/mol. The Kier molecular flexibility index (Phi) is 3.45. The van der Waals surface area contributed by atoms with Crippen molar-refractivity contribution in [1.82, 2.24) is 9.78 Å². The fourth-order valence-electron chi connectivity index (χ4n) is 1.60. The van der Waals surface area contributed by atoms with Crippen LogP contribution in [0.3, 0.4) is 0 Å². The van der Waals surface area contributed by atoms with Gasteiger partial charge in [-0.25, -0.2) is 12.8 Å². The van der Waals surface area contributed by atoms with Crippen LogP contribution in [0.15, 0.2) is 35.4 Å². The molecule has 1 aromatic carbocycles. The first-order valence-corrected chi connectivity index (χ1v) is 6.95. The van der Waals surface area contributed by atoms with Crippen molar-refractivity contribution in [3.8, 4) is 0 Å². The van der Waals surface area contributed by atoms with Crippen LogP contribution in [-0.4, -0.2) is 24.0 Å². The lowest BCUT2D eigenvalue weighted by Crippen LogP contribution is -2.20. The highest BCUT2D eigenvalue weighted by Crippen LogP contribution is 2.20. The van der Waals surface area contributed by atoms with Gasteiger partial charge in [-0.05, 0) is 12.1 Å². The summed E-state index contributed by atoms with van der Waals surface area (Å²) in [4.78, 5) is -0.490. The minimum absolute atomic E-state index is 0.000697. The molecule has 0 unspecified atom stereocenters. The Balaban J connectivity index is 2.47. The van der Waals surface area contributed by atoms with Crippen LogP contribution in [0, 0.1) is 11.2 Å². The van der Waals surface area contributed by atoms with Gasteiger partial charge in [0.15, 0.2) is 0 Å². The number of amidine groups is 1. The lowest BCUT2D eigenvalue weighted by molar-refractivity contribution is 0.570. The van der Waals surface area contributed by atoms with E-state index in [0.717, 1.165) is 12.1 Å². The monoisotopic (exact) mass is 297 g/mol. The van der Waals surface area contributed by atoms with E-state index in [1.807, 2.05) is 0 Å². The number of aryl methyl sites for hydroxylation is 1. The fraction of sp³-hybridized carbons (Fsp3) is 0.0909. The standard InChI is InChI=1S/C11H12FN5O2S/c1-17-11(7(6-15-17)10(13)14)16-20(18,19)9-5-3-2-4-8(9)12/h2-6,16H,1H3,(H3,13,14). The van der Waals surface area contributed by atoms with Gasteiger partial charge in [0.25, 0.3) is 10.0 Å². The third-order valence-electron chi connectivity index (χ3n) is 2.59. The first-order valence-electron chi connectivity index (χ1n) is 5.46.